The van der Waals surface area contributed by atoms with E-state index in [-0.39, 0.29) is 83.7 Å². The van der Waals surface area contributed by atoms with Crippen molar-refractivity contribution in [1.82, 2.24) is 29.4 Å². The Balaban J connectivity index is 0.875. The van der Waals surface area contributed by atoms with E-state index in [1.165, 1.54) is 54.4 Å². The molecule has 1 atom stereocenters. The minimum Gasteiger partial charge on any atom is -0.455 e. The highest BCUT2D eigenvalue weighted by molar-refractivity contribution is 7.90. The first kappa shape index (κ1) is 47.3. The van der Waals surface area contributed by atoms with Crippen molar-refractivity contribution in [1.29, 1.82) is 0 Å². The molecule has 2 aromatic heterocycles. The second-order valence-electron chi connectivity index (χ2n) is 20.0. The highest BCUT2D eigenvalue weighted by Crippen LogP contribution is 2.54. The Morgan fingerprint density at radius 2 is 1.74 bits per heavy atom. The summed E-state index contributed by atoms with van der Waals surface area (Å²) < 4.78 is 68.0. The van der Waals surface area contributed by atoms with E-state index >= 15 is 8.78 Å². The van der Waals surface area contributed by atoms with E-state index in [1.807, 2.05) is 11.0 Å². The highest BCUT2D eigenvalue weighted by atomic mass is 32.2. The zero-order chi connectivity index (χ0) is 48.0. The minimum absolute atomic E-state index is 0.0166. The van der Waals surface area contributed by atoms with Crippen LogP contribution < -0.4 is 25.4 Å². The van der Waals surface area contributed by atoms with Crippen molar-refractivity contribution < 1.29 is 31.5 Å². The number of nitrogen functional groups attached to an aromatic ring is 1. The molecule has 1 unspecified atom stereocenters. The van der Waals surface area contributed by atoms with Crippen LogP contribution in [0.4, 0.5) is 25.8 Å². The fourth-order valence-corrected chi connectivity index (χ4v) is 11.9. The van der Waals surface area contributed by atoms with E-state index in [2.05, 4.69) is 63.0 Å². The van der Waals surface area contributed by atoms with Crippen molar-refractivity contribution >= 4 is 49.9 Å². The zero-order valence-electron chi connectivity index (χ0n) is 39.4. The highest BCUT2D eigenvalue weighted by Gasteiger charge is 2.50. The number of aromatic amines is 1. The number of sulfonamides is 1. The number of likely N-dealkylation sites (N-methyl/N-ethyl adjacent to an activating group) is 1. The van der Waals surface area contributed by atoms with Crippen LogP contribution in [0, 0.1) is 11.2 Å². The Bertz CT molecular complexity index is 2780. The SMILES string of the molecule is CC(C)c1ccccc1C1CCCN1C1CC2(CCN(c3cc(Oc4cnc5[nH]ccc5c4)c(C(=O)NS(=O)(=O)c4ccc(NCC5(F)CCN(C(=O)CN(C)C)CC5)c(N)c4)cc3F)CC2)C1. The van der Waals surface area contributed by atoms with E-state index < -0.39 is 27.4 Å². The number of H-pyrrole nitrogens is 1. The van der Waals surface area contributed by atoms with Gasteiger partial charge in [-0.05, 0) is 118 Å². The summed E-state index contributed by atoms with van der Waals surface area (Å²) in [6.07, 6.45) is 9.88. The van der Waals surface area contributed by atoms with Gasteiger partial charge in [0.15, 0.2) is 0 Å². The molecule has 1 saturated carbocycles. The molecule has 9 rings (SSSR count). The number of likely N-dealkylation sites (tertiary alicyclic amines) is 2. The predicted molar refractivity (Wildman–Crippen MR) is 261 cm³/mol. The molecule has 2 amide bonds. The summed E-state index contributed by atoms with van der Waals surface area (Å²) in [5.41, 5.74) is 8.64. The number of nitrogens with two attached hydrogens (primary N) is 1. The van der Waals surface area contributed by atoms with Crippen LogP contribution in [0.1, 0.15) is 98.7 Å². The first-order chi connectivity index (χ1) is 32.5. The number of aromatic nitrogens is 2. The van der Waals surface area contributed by atoms with Gasteiger partial charge in [-0.1, -0.05) is 38.1 Å². The lowest BCUT2D eigenvalue weighted by Gasteiger charge is -2.56. The fourth-order valence-electron chi connectivity index (χ4n) is 10.9. The third-order valence-electron chi connectivity index (χ3n) is 14.8. The molecule has 0 bridgehead atoms. The summed E-state index contributed by atoms with van der Waals surface area (Å²) in [6, 6.07) is 19.7. The van der Waals surface area contributed by atoms with Crippen LogP contribution in [0.2, 0.25) is 0 Å². The van der Waals surface area contributed by atoms with E-state index in [4.69, 9.17) is 10.5 Å². The summed E-state index contributed by atoms with van der Waals surface area (Å²) in [7, 11) is -0.939. The van der Waals surface area contributed by atoms with Crippen molar-refractivity contribution in [2.75, 3.05) is 75.9 Å². The average molecular weight is 952 g/mol. The molecule has 17 heteroatoms. The summed E-state index contributed by atoms with van der Waals surface area (Å²) in [5, 5.41) is 3.74. The molecule has 5 aromatic rings. The molecular weight excluding hydrogens is 889 g/mol. The van der Waals surface area contributed by atoms with Gasteiger partial charge in [-0.2, -0.15) is 0 Å². The number of hydrogen-bond donors (Lipinski definition) is 4. The number of benzene rings is 3. The summed E-state index contributed by atoms with van der Waals surface area (Å²) in [6.45, 7) is 7.59. The lowest BCUT2D eigenvalue weighted by atomic mass is 9.59. The molecule has 3 aromatic carbocycles. The van der Waals surface area contributed by atoms with Crippen molar-refractivity contribution in [3.8, 4) is 11.5 Å². The summed E-state index contributed by atoms with van der Waals surface area (Å²) >= 11 is 0. The average Bonchev–Trinajstić information content (AvgIpc) is 3.98. The monoisotopic (exact) mass is 951 g/mol. The molecule has 5 heterocycles. The second kappa shape index (κ2) is 19.0. The van der Waals surface area contributed by atoms with Gasteiger partial charge in [-0.25, -0.2) is 26.9 Å². The number of amides is 2. The minimum atomic E-state index is -4.55. The number of carbonyl (C=O) groups is 2. The second-order valence-corrected chi connectivity index (χ2v) is 21.7. The van der Waals surface area contributed by atoms with Crippen LogP contribution in [0.5, 0.6) is 11.5 Å². The Morgan fingerprint density at radius 1 is 0.985 bits per heavy atom. The lowest BCUT2D eigenvalue weighted by Crippen LogP contribution is -2.55. The van der Waals surface area contributed by atoms with Crippen molar-refractivity contribution in [3.05, 3.63) is 102 Å². The smallest absolute Gasteiger partial charge is 0.268 e. The van der Waals surface area contributed by atoms with Crippen molar-refractivity contribution in [2.45, 2.75) is 93.8 Å². The van der Waals surface area contributed by atoms with Crippen molar-refractivity contribution in [2.24, 2.45) is 5.41 Å². The summed E-state index contributed by atoms with van der Waals surface area (Å²) in [4.78, 5) is 41.7. The van der Waals surface area contributed by atoms with E-state index in [1.54, 1.807) is 36.2 Å². The number of nitrogens with one attached hydrogen (secondary N) is 3. The van der Waals surface area contributed by atoms with Crippen LogP contribution in [0.25, 0.3) is 11.0 Å². The molecule has 5 N–H and O–H groups in total. The molecule has 4 aliphatic rings. The predicted octanol–water partition coefficient (Wildman–Crippen LogP) is 8.21. The molecule has 3 aliphatic heterocycles. The fraction of sp³-hybridized carbons (Fsp3) is 0.471. The van der Waals surface area contributed by atoms with Crippen LogP contribution in [0.3, 0.4) is 0 Å². The molecule has 362 valence electrons. The maximum Gasteiger partial charge on any atom is 0.268 e. The van der Waals surface area contributed by atoms with Gasteiger partial charge < -0.3 is 35.5 Å². The molecular formula is C51H63F2N9O5S. The molecule has 0 radical (unpaired) electrons. The molecule has 1 aliphatic carbocycles. The summed E-state index contributed by atoms with van der Waals surface area (Å²) in [5.74, 6) is -1.14. The topological polar surface area (TPSA) is 169 Å². The third-order valence-corrected chi connectivity index (χ3v) is 16.1. The van der Waals surface area contributed by atoms with Gasteiger partial charge in [-0.15, -0.1) is 0 Å². The number of anilines is 3. The Labute approximate surface area is 397 Å². The lowest BCUT2D eigenvalue weighted by molar-refractivity contribution is -0.134. The third kappa shape index (κ3) is 9.88. The number of nitrogens with zero attached hydrogens (tertiary/aromatic N) is 5. The van der Waals surface area contributed by atoms with Gasteiger partial charge in [0.2, 0.25) is 5.91 Å². The Morgan fingerprint density at radius 3 is 2.46 bits per heavy atom. The van der Waals surface area contributed by atoms with Gasteiger partial charge in [0.05, 0.1) is 40.3 Å². The number of piperidine rings is 2. The Kier molecular flexibility index (Phi) is 13.2. The molecule has 14 nitrogen and oxygen atoms in total. The number of carbonyl (C=O) groups excluding carboxylic acids is 2. The maximum absolute atomic E-state index is 16.4. The largest absolute Gasteiger partial charge is 0.455 e. The van der Waals surface area contributed by atoms with Crippen LogP contribution >= 0.6 is 0 Å². The number of hydrogen-bond acceptors (Lipinski definition) is 11. The number of alkyl halides is 1. The molecule has 4 fully saturated rings. The number of halogens is 2. The number of ether oxygens (including phenoxy) is 1. The standard InChI is InChI=1S/C51H63F2N9O5S/c1-33(2)38-8-5-6-9-39(38)44-10-7-19-62(44)35-28-50(29-35)14-20-60(21-15-50)45-27-46(67-36-24-34-13-18-55-48(34)56-30-36)40(26-41(45)52)49(64)58-68(65,66)37-11-12-43(42(54)25-37)57-32-51(53)16-22-61(23-17-51)47(63)31-59(3)4/h5-6,8-9,11-13,18,24-27,30,33,35,44,57H,7,10,14-17,19-23,28-29,31-32,54H2,1-4H3,(H,55,56)(H,58,64). The number of rotatable bonds is 14. The molecule has 1 spiro atoms. The van der Waals surface area contributed by atoms with Crippen molar-refractivity contribution in [3.63, 3.8) is 0 Å². The van der Waals surface area contributed by atoms with Gasteiger partial charge in [0, 0.05) is 75.3 Å². The van der Waals surface area contributed by atoms with E-state index in [0.717, 1.165) is 43.7 Å². The van der Waals surface area contributed by atoms with E-state index in [9.17, 15) is 18.0 Å². The molecule has 68 heavy (non-hydrogen) atoms. The van der Waals surface area contributed by atoms with Gasteiger partial charge in [0.1, 0.15) is 28.6 Å². The van der Waals surface area contributed by atoms with Gasteiger partial charge in [0.25, 0.3) is 15.9 Å². The quantitative estimate of drug-likeness (QED) is 0.0792. The first-order valence-electron chi connectivity index (χ1n) is 23.8. The van der Waals surface area contributed by atoms with Gasteiger partial charge >= 0.3 is 0 Å². The number of pyridine rings is 1. The van der Waals surface area contributed by atoms with Gasteiger partial charge in [-0.3, -0.25) is 14.5 Å². The maximum atomic E-state index is 16.4. The Hall–Kier alpha value is -5.78. The van der Waals surface area contributed by atoms with Crippen LogP contribution in [-0.2, 0) is 14.8 Å². The normalized spacial score (nSPS) is 19.7. The molecule has 3 saturated heterocycles. The van der Waals surface area contributed by atoms with E-state index in [0.29, 0.717) is 42.4 Å². The van der Waals surface area contributed by atoms with Crippen LogP contribution in [0.15, 0.2) is 84.0 Å². The number of fused-ring (bicyclic) bond motifs is 1. The van der Waals surface area contributed by atoms with Crippen LogP contribution in [-0.4, -0.2) is 117 Å². The first-order valence-corrected chi connectivity index (χ1v) is 25.3. The zero-order valence-corrected chi connectivity index (χ0v) is 40.2.